The van der Waals surface area contributed by atoms with Gasteiger partial charge in [0.1, 0.15) is 0 Å². The molecule has 0 aromatic heterocycles. The first-order valence-corrected chi connectivity index (χ1v) is 8.08. The molecule has 2 heteroatoms. The van der Waals surface area contributed by atoms with Gasteiger partial charge in [0.2, 0.25) is 0 Å². The Morgan fingerprint density at radius 2 is 1.65 bits per heavy atom. The van der Waals surface area contributed by atoms with Crippen molar-refractivity contribution in [2.45, 2.75) is 46.5 Å². The highest BCUT2D eigenvalue weighted by atomic mass is 15.1. The van der Waals surface area contributed by atoms with Crippen LogP contribution < -0.4 is 10.2 Å². The third kappa shape index (κ3) is 7.54. The molecule has 1 aromatic carbocycles. The smallest absolute Gasteiger partial charge is 0.0363 e. The summed E-state index contributed by atoms with van der Waals surface area (Å²) in [7, 11) is 2.19. The molecule has 114 valence electrons. The van der Waals surface area contributed by atoms with Crippen molar-refractivity contribution in [2.24, 2.45) is 5.92 Å². The number of hydrogen-bond donors (Lipinski definition) is 1. The van der Waals surface area contributed by atoms with E-state index < -0.39 is 0 Å². The largest absolute Gasteiger partial charge is 0.375 e. The van der Waals surface area contributed by atoms with Crippen LogP contribution in [0.3, 0.4) is 0 Å². The quantitative estimate of drug-likeness (QED) is 0.643. The Morgan fingerprint density at radius 3 is 2.30 bits per heavy atom. The van der Waals surface area contributed by atoms with Crippen LogP contribution in [0.5, 0.6) is 0 Å². The van der Waals surface area contributed by atoms with E-state index in [4.69, 9.17) is 0 Å². The van der Waals surface area contributed by atoms with Crippen LogP contribution >= 0.6 is 0 Å². The fourth-order valence-corrected chi connectivity index (χ4v) is 2.27. The van der Waals surface area contributed by atoms with Crippen molar-refractivity contribution in [1.82, 2.24) is 5.32 Å². The molecule has 1 aromatic rings. The lowest BCUT2D eigenvalue weighted by Gasteiger charge is -2.19. The van der Waals surface area contributed by atoms with Gasteiger partial charge in [0, 0.05) is 19.3 Å². The molecule has 1 rings (SSSR count). The molecule has 0 heterocycles. The molecule has 0 aliphatic heterocycles. The number of anilines is 1. The van der Waals surface area contributed by atoms with Crippen molar-refractivity contribution in [3.05, 3.63) is 29.8 Å². The van der Waals surface area contributed by atoms with Crippen molar-refractivity contribution in [2.75, 3.05) is 31.6 Å². The number of nitrogens with zero attached hydrogens (tertiary/aromatic N) is 1. The van der Waals surface area contributed by atoms with Gasteiger partial charge in [-0.15, -0.1) is 0 Å². The number of unbranched alkanes of at least 4 members (excludes halogenated alkanes) is 3. The third-order valence-corrected chi connectivity index (χ3v) is 3.62. The molecule has 0 bridgehead atoms. The van der Waals surface area contributed by atoms with Crippen LogP contribution in [0.4, 0.5) is 5.69 Å². The zero-order valence-electron chi connectivity index (χ0n) is 13.8. The zero-order chi connectivity index (χ0) is 14.8. The van der Waals surface area contributed by atoms with Gasteiger partial charge in [-0.3, -0.25) is 0 Å². The third-order valence-electron chi connectivity index (χ3n) is 3.62. The molecular formula is C18H32N2. The second-order valence-corrected chi connectivity index (χ2v) is 6.27. The van der Waals surface area contributed by atoms with Crippen LogP contribution in [0.1, 0.15) is 45.1 Å². The average molecular weight is 276 g/mol. The fraction of sp³-hybridized carbons (Fsp3) is 0.667. The monoisotopic (exact) mass is 276 g/mol. The van der Waals surface area contributed by atoms with E-state index in [0.717, 1.165) is 19.0 Å². The highest BCUT2D eigenvalue weighted by molar-refractivity contribution is 5.46. The molecule has 0 saturated carbocycles. The predicted octanol–water partition coefficient (Wildman–Crippen LogP) is 4.24. The fourth-order valence-electron chi connectivity index (χ4n) is 2.27. The van der Waals surface area contributed by atoms with Crippen LogP contribution in [0.2, 0.25) is 0 Å². The van der Waals surface area contributed by atoms with Crippen molar-refractivity contribution >= 4 is 5.69 Å². The predicted molar refractivity (Wildman–Crippen MR) is 90.6 cm³/mol. The molecule has 1 N–H and O–H groups in total. The summed E-state index contributed by atoms with van der Waals surface area (Å²) in [4.78, 5) is 2.36. The number of rotatable bonds is 10. The van der Waals surface area contributed by atoms with Crippen molar-refractivity contribution in [3.63, 3.8) is 0 Å². The molecule has 0 fully saturated rings. The van der Waals surface area contributed by atoms with E-state index in [1.54, 1.807) is 0 Å². The van der Waals surface area contributed by atoms with E-state index >= 15 is 0 Å². The molecule has 0 amide bonds. The average Bonchev–Trinajstić information content (AvgIpc) is 2.42. The lowest BCUT2D eigenvalue weighted by molar-refractivity contribution is 0.526. The van der Waals surface area contributed by atoms with Crippen LogP contribution in [0.25, 0.3) is 0 Å². The van der Waals surface area contributed by atoms with Crippen molar-refractivity contribution in [3.8, 4) is 0 Å². The SMILES string of the molecule is Cc1ccc(N(C)CCCCCCNCC(C)C)cc1. The van der Waals surface area contributed by atoms with Crippen LogP contribution in [-0.4, -0.2) is 26.7 Å². The summed E-state index contributed by atoms with van der Waals surface area (Å²) in [5.74, 6) is 0.762. The van der Waals surface area contributed by atoms with Gasteiger partial charge in [-0.1, -0.05) is 44.4 Å². The van der Waals surface area contributed by atoms with Crippen LogP contribution in [0.15, 0.2) is 24.3 Å². The first-order chi connectivity index (χ1) is 9.59. The van der Waals surface area contributed by atoms with E-state index in [1.165, 1.54) is 43.5 Å². The van der Waals surface area contributed by atoms with E-state index in [2.05, 4.69) is 62.3 Å². The summed E-state index contributed by atoms with van der Waals surface area (Å²) in [5, 5.41) is 3.51. The highest BCUT2D eigenvalue weighted by Gasteiger charge is 2.00. The van der Waals surface area contributed by atoms with Gasteiger partial charge in [-0.2, -0.15) is 0 Å². The Morgan fingerprint density at radius 1 is 1.00 bits per heavy atom. The summed E-state index contributed by atoms with van der Waals surface area (Å²) in [6.45, 7) is 10.1. The standard InChI is InChI=1S/C18H32N2/c1-16(2)15-19-13-7-5-6-8-14-20(4)18-11-9-17(3)10-12-18/h9-12,16,19H,5-8,13-15H2,1-4H3. The molecule has 0 radical (unpaired) electrons. The van der Waals surface area contributed by atoms with Crippen LogP contribution in [-0.2, 0) is 0 Å². The van der Waals surface area contributed by atoms with Crippen molar-refractivity contribution in [1.29, 1.82) is 0 Å². The first kappa shape index (κ1) is 17.0. The molecule has 0 unspecified atom stereocenters. The van der Waals surface area contributed by atoms with E-state index in [0.29, 0.717) is 0 Å². The Hall–Kier alpha value is -1.02. The Labute approximate surface area is 125 Å². The summed E-state index contributed by atoms with van der Waals surface area (Å²) in [6.07, 6.45) is 5.27. The minimum Gasteiger partial charge on any atom is -0.375 e. The Kier molecular flexibility index (Phi) is 8.36. The van der Waals surface area contributed by atoms with Gasteiger partial charge in [-0.25, -0.2) is 0 Å². The second-order valence-electron chi connectivity index (χ2n) is 6.27. The van der Waals surface area contributed by atoms with Crippen molar-refractivity contribution < 1.29 is 0 Å². The van der Waals surface area contributed by atoms with Gasteiger partial charge < -0.3 is 10.2 Å². The summed E-state index contributed by atoms with van der Waals surface area (Å²) in [6, 6.07) is 8.80. The minimum atomic E-state index is 0.762. The lowest BCUT2D eigenvalue weighted by atomic mass is 10.1. The molecule has 0 aliphatic rings. The van der Waals surface area contributed by atoms with Gasteiger partial charge in [0.25, 0.3) is 0 Å². The topological polar surface area (TPSA) is 15.3 Å². The summed E-state index contributed by atoms with van der Waals surface area (Å²) < 4.78 is 0. The highest BCUT2D eigenvalue weighted by Crippen LogP contribution is 2.14. The second kappa shape index (κ2) is 9.82. The maximum atomic E-state index is 3.51. The minimum absolute atomic E-state index is 0.762. The van der Waals surface area contributed by atoms with Gasteiger partial charge in [0.15, 0.2) is 0 Å². The van der Waals surface area contributed by atoms with Gasteiger partial charge in [-0.05, 0) is 50.9 Å². The Bertz CT molecular complexity index is 343. The molecular weight excluding hydrogens is 244 g/mol. The Balaban J connectivity index is 2.02. The summed E-state index contributed by atoms with van der Waals surface area (Å²) in [5.41, 5.74) is 2.66. The first-order valence-electron chi connectivity index (χ1n) is 8.08. The number of hydrogen-bond acceptors (Lipinski definition) is 2. The summed E-state index contributed by atoms with van der Waals surface area (Å²) >= 11 is 0. The van der Waals surface area contributed by atoms with Gasteiger partial charge in [0.05, 0.1) is 0 Å². The number of benzene rings is 1. The molecule has 20 heavy (non-hydrogen) atoms. The zero-order valence-corrected chi connectivity index (χ0v) is 13.8. The molecule has 2 nitrogen and oxygen atoms in total. The number of nitrogens with one attached hydrogen (secondary N) is 1. The number of aryl methyl sites for hydroxylation is 1. The lowest BCUT2D eigenvalue weighted by Crippen LogP contribution is -2.21. The normalized spacial score (nSPS) is 11.1. The van der Waals surface area contributed by atoms with Gasteiger partial charge >= 0.3 is 0 Å². The molecule has 0 spiro atoms. The van der Waals surface area contributed by atoms with Crippen LogP contribution in [0, 0.1) is 12.8 Å². The molecule has 0 saturated heterocycles. The molecule has 0 aliphatic carbocycles. The molecule has 0 atom stereocenters. The maximum Gasteiger partial charge on any atom is 0.0363 e. The maximum absolute atomic E-state index is 3.51. The van der Waals surface area contributed by atoms with E-state index in [-0.39, 0.29) is 0 Å². The van der Waals surface area contributed by atoms with E-state index in [1.807, 2.05) is 0 Å². The van der Waals surface area contributed by atoms with E-state index in [9.17, 15) is 0 Å².